The molecule has 0 atom stereocenters. The predicted octanol–water partition coefficient (Wildman–Crippen LogP) is 3.51. The van der Waals surface area contributed by atoms with E-state index in [9.17, 15) is 0 Å². The number of halogens is 2. The molecule has 1 aromatic rings. The lowest BCUT2D eigenvalue weighted by molar-refractivity contribution is 0.0763. The van der Waals surface area contributed by atoms with Crippen molar-refractivity contribution in [2.75, 3.05) is 19.7 Å². The van der Waals surface area contributed by atoms with Crippen LogP contribution in [-0.2, 0) is 11.3 Å². The van der Waals surface area contributed by atoms with Gasteiger partial charge in [-0.25, -0.2) is 0 Å². The molecule has 0 bridgehead atoms. The summed E-state index contributed by atoms with van der Waals surface area (Å²) in [6.45, 7) is 3.67. The van der Waals surface area contributed by atoms with Crippen LogP contribution < -0.4 is 5.32 Å². The van der Waals surface area contributed by atoms with E-state index < -0.39 is 0 Å². The molecule has 1 fully saturated rings. The van der Waals surface area contributed by atoms with Crippen molar-refractivity contribution in [1.29, 1.82) is 0 Å². The van der Waals surface area contributed by atoms with Crippen molar-refractivity contribution in [3.05, 3.63) is 33.8 Å². The van der Waals surface area contributed by atoms with E-state index in [1.54, 1.807) is 0 Å². The molecule has 2 rings (SSSR count). The predicted molar refractivity (Wildman–Crippen MR) is 71.7 cm³/mol. The molecule has 0 saturated carbocycles. The van der Waals surface area contributed by atoms with E-state index in [1.807, 2.05) is 18.2 Å². The zero-order valence-corrected chi connectivity index (χ0v) is 11.2. The van der Waals surface area contributed by atoms with E-state index in [-0.39, 0.29) is 0 Å². The summed E-state index contributed by atoms with van der Waals surface area (Å²) in [5.41, 5.74) is 1.08. The highest BCUT2D eigenvalue weighted by molar-refractivity contribution is 6.41. The molecule has 0 unspecified atom stereocenters. The largest absolute Gasteiger partial charge is 0.376 e. The van der Waals surface area contributed by atoms with Gasteiger partial charge in [0.25, 0.3) is 0 Å². The topological polar surface area (TPSA) is 21.3 Å². The van der Waals surface area contributed by atoms with E-state index in [0.717, 1.165) is 25.3 Å². The molecule has 2 nitrogen and oxygen atoms in total. The van der Waals surface area contributed by atoms with Crippen LogP contribution >= 0.6 is 23.2 Å². The molecule has 1 saturated heterocycles. The SMILES string of the molecule is Clc1ccc(COCC2CCNCC2)cc1Cl. The fraction of sp³-hybridized carbons (Fsp3) is 0.538. The first-order chi connectivity index (χ1) is 8.25. The van der Waals surface area contributed by atoms with Gasteiger partial charge in [0.15, 0.2) is 0 Å². The lowest BCUT2D eigenvalue weighted by Gasteiger charge is -2.22. The Morgan fingerprint density at radius 3 is 2.65 bits per heavy atom. The van der Waals surface area contributed by atoms with Crippen LogP contribution in [0.2, 0.25) is 10.0 Å². The molecule has 1 aliphatic heterocycles. The summed E-state index contributed by atoms with van der Waals surface area (Å²) in [6.07, 6.45) is 2.42. The maximum absolute atomic E-state index is 5.95. The summed E-state index contributed by atoms with van der Waals surface area (Å²) in [5.74, 6) is 0.694. The maximum atomic E-state index is 5.95. The third kappa shape index (κ3) is 4.14. The van der Waals surface area contributed by atoms with Crippen LogP contribution in [0.3, 0.4) is 0 Å². The molecule has 0 radical (unpaired) electrons. The number of ether oxygens (including phenoxy) is 1. The van der Waals surface area contributed by atoms with Crippen LogP contribution in [0.1, 0.15) is 18.4 Å². The fourth-order valence-corrected chi connectivity index (χ4v) is 2.34. The van der Waals surface area contributed by atoms with Gasteiger partial charge in [-0.1, -0.05) is 29.3 Å². The van der Waals surface area contributed by atoms with Gasteiger partial charge >= 0.3 is 0 Å². The Balaban J connectivity index is 1.75. The van der Waals surface area contributed by atoms with E-state index in [1.165, 1.54) is 12.8 Å². The fourth-order valence-electron chi connectivity index (χ4n) is 2.02. The smallest absolute Gasteiger partial charge is 0.0717 e. The van der Waals surface area contributed by atoms with E-state index in [0.29, 0.717) is 22.6 Å². The molecular weight excluding hydrogens is 257 g/mol. The second-order valence-corrected chi connectivity index (χ2v) is 5.27. The maximum Gasteiger partial charge on any atom is 0.0717 e. The lowest BCUT2D eigenvalue weighted by Crippen LogP contribution is -2.29. The standard InChI is InChI=1S/C13H17Cl2NO/c14-12-2-1-11(7-13(12)15)9-17-8-10-3-5-16-6-4-10/h1-2,7,10,16H,3-6,8-9H2. The van der Waals surface area contributed by atoms with Gasteiger partial charge in [0, 0.05) is 6.61 Å². The molecule has 1 N–H and O–H groups in total. The normalized spacial score (nSPS) is 17.3. The Hall–Kier alpha value is -0.280. The highest BCUT2D eigenvalue weighted by Crippen LogP contribution is 2.23. The minimum Gasteiger partial charge on any atom is -0.376 e. The molecule has 0 amide bonds. The summed E-state index contributed by atoms with van der Waals surface area (Å²) >= 11 is 11.8. The zero-order valence-electron chi connectivity index (χ0n) is 9.72. The van der Waals surface area contributed by atoms with Gasteiger partial charge < -0.3 is 10.1 Å². The van der Waals surface area contributed by atoms with Crippen LogP contribution in [-0.4, -0.2) is 19.7 Å². The Morgan fingerprint density at radius 1 is 1.18 bits per heavy atom. The molecule has 17 heavy (non-hydrogen) atoms. The Bertz CT molecular complexity index is 364. The minimum absolute atomic E-state index is 0.591. The van der Waals surface area contributed by atoms with Gasteiger partial charge in [-0.15, -0.1) is 0 Å². The first kappa shape index (κ1) is 13.2. The van der Waals surface area contributed by atoms with Crippen molar-refractivity contribution in [2.24, 2.45) is 5.92 Å². The van der Waals surface area contributed by atoms with Crippen LogP contribution in [0.15, 0.2) is 18.2 Å². The molecule has 94 valence electrons. The van der Waals surface area contributed by atoms with Crippen molar-refractivity contribution in [2.45, 2.75) is 19.4 Å². The monoisotopic (exact) mass is 273 g/mol. The highest BCUT2D eigenvalue weighted by Gasteiger charge is 2.12. The van der Waals surface area contributed by atoms with Gasteiger partial charge in [0.1, 0.15) is 0 Å². The second kappa shape index (κ2) is 6.60. The number of rotatable bonds is 4. The van der Waals surface area contributed by atoms with Gasteiger partial charge in [-0.3, -0.25) is 0 Å². The van der Waals surface area contributed by atoms with Gasteiger partial charge in [0.05, 0.1) is 16.7 Å². The van der Waals surface area contributed by atoms with Gasteiger partial charge in [-0.2, -0.15) is 0 Å². The van der Waals surface area contributed by atoms with E-state index in [2.05, 4.69) is 5.32 Å². The highest BCUT2D eigenvalue weighted by atomic mass is 35.5. The summed E-state index contributed by atoms with van der Waals surface area (Å²) in [4.78, 5) is 0. The molecule has 1 aliphatic rings. The summed E-state index contributed by atoms with van der Waals surface area (Å²) in [7, 11) is 0. The van der Waals surface area contributed by atoms with Crippen molar-refractivity contribution < 1.29 is 4.74 Å². The van der Waals surface area contributed by atoms with Gasteiger partial charge in [-0.05, 0) is 49.5 Å². The summed E-state index contributed by atoms with van der Waals surface area (Å²) < 4.78 is 5.72. The molecule has 0 spiro atoms. The Kier molecular flexibility index (Phi) is 5.11. The van der Waals surface area contributed by atoms with E-state index >= 15 is 0 Å². The quantitative estimate of drug-likeness (QED) is 0.907. The first-order valence-electron chi connectivity index (χ1n) is 5.98. The van der Waals surface area contributed by atoms with Crippen LogP contribution in [0.4, 0.5) is 0 Å². The molecule has 1 aromatic carbocycles. The number of hydrogen-bond donors (Lipinski definition) is 1. The molecule has 0 aliphatic carbocycles. The molecular formula is C13H17Cl2NO. The summed E-state index contributed by atoms with van der Waals surface area (Å²) in [5, 5.41) is 4.53. The number of hydrogen-bond acceptors (Lipinski definition) is 2. The zero-order chi connectivity index (χ0) is 12.1. The van der Waals surface area contributed by atoms with Crippen LogP contribution in [0.25, 0.3) is 0 Å². The first-order valence-corrected chi connectivity index (χ1v) is 6.73. The van der Waals surface area contributed by atoms with Crippen molar-refractivity contribution in [3.8, 4) is 0 Å². The lowest BCUT2D eigenvalue weighted by atomic mass is 9.99. The Morgan fingerprint density at radius 2 is 1.94 bits per heavy atom. The average Bonchev–Trinajstić information content (AvgIpc) is 2.35. The van der Waals surface area contributed by atoms with Crippen LogP contribution in [0.5, 0.6) is 0 Å². The van der Waals surface area contributed by atoms with Crippen molar-refractivity contribution in [1.82, 2.24) is 5.32 Å². The molecule has 0 aromatic heterocycles. The average molecular weight is 274 g/mol. The number of nitrogens with one attached hydrogen (secondary N) is 1. The molecule has 4 heteroatoms. The number of benzene rings is 1. The second-order valence-electron chi connectivity index (χ2n) is 4.46. The third-order valence-electron chi connectivity index (χ3n) is 3.07. The van der Waals surface area contributed by atoms with Gasteiger partial charge in [0.2, 0.25) is 0 Å². The minimum atomic E-state index is 0.591. The molecule has 1 heterocycles. The summed E-state index contributed by atoms with van der Waals surface area (Å²) in [6, 6.07) is 5.63. The van der Waals surface area contributed by atoms with Crippen molar-refractivity contribution in [3.63, 3.8) is 0 Å². The number of piperidine rings is 1. The Labute approximate surface area is 112 Å². The third-order valence-corrected chi connectivity index (χ3v) is 3.80. The van der Waals surface area contributed by atoms with Crippen molar-refractivity contribution >= 4 is 23.2 Å². The van der Waals surface area contributed by atoms with E-state index in [4.69, 9.17) is 27.9 Å². The van der Waals surface area contributed by atoms with Crippen LogP contribution in [0, 0.1) is 5.92 Å².